The molecule has 0 saturated carbocycles. The summed E-state index contributed by atoms with van der Waals surface area (Å²) in [6.07, 6.45) is 1.89. The molecule has 5 aromatic rings. The van der Waals surface area contributed by atoms with Crippen molar-refractivity contribution in [1.29, 1.82) is 0 Å². The van der Waals surface area contributed by atoms with Gasteiger partial charge in [0.1, 0.15) is 0 Å². The molecule has 0 amide bonds. The van der Waals surface area contributed by atoms with Gasteiger partial charge in [-0.1, -0.05) is 102 Å². The molecule has 0 fully saturated rings. The molecule has 0 atom stereocenters. The van der Waals surface area contributed by atoms with Crippen molar-refractivity contribution in [3.05, 3.63) is 131 Å². The van der Waals surface area contributed by atoms with E-state index in [2.05, 4.69) is 83.4 Å². The van der Waals surface area contributed by atoms with Crippen molar-refractivity contribution in [2.24, 2.45) is 4.99 Å². The van der Waals surface area contributed by atoms with Gasteiger partial charge in [-0.2, -0.15) is 0 Å². The van der Waals surface area contributed by atoms with Gasteiger partial charge in [-0.05, 0) is 47.5 Å². The average Bonchev–Trinajstić information content (AvgIpc) is 3.23. The van der Waals surface area contributed by atoms with Crippen LogP contribution >= 0.6 is 23.2 Å². The summed E-state index contributed by atoms with van der Waals surface area (Å²) in [6, 6.07) is 38.7. The fourth-order valence-electron chi connectivity index (χ4n) is 3.94. The third-order valence-electron chi connectivity index (χ3n) is 5.36. The number of benzene rings is 4. The molecule has 4 heteroatoms. The highest BCUT2D eigenvalue weighted by Gasteiger charge is 2.18. The molecule has 0 N–H and O–H groups in total. The maximum absolute atomic E-state index is 6.19. The lowest BCUT2D eigenvalue weighted by molar-refractivity contribution is 1.09. The number of rotatable bonds is 5. The molecule has 0 spiro atoms. The van der Waals surface area contributed by atoms with Crippen LogP contribution in [0.4, 0.5) is 5.69 Å². The summed E-state index contributed by atoms with van der Waals surface area (Å²) in [7, 11) is 0. The van der Waals surface area contributed by atoms with Crippen LogP contribution in [-0.2, 0) is 0 Å². The van der Waals surface area contributed by atoms with Gasteiger partial charge in [0.25, 0.3) is 0 Å². The van der Waals surface area contributed by atoms with Crippen molar-refractivity contribution in [2.45, 2.75) is 0 Å². The zero-order valence-corrected chi connectivity index (χ0v) is 19.2. The van der Waals surface area contributed by atoms with E-state index < -0.39 is 0 Å². The lowest BCUT2D eigenvalue weighted by Crippen LogP contribution is -2.00. The van der Waals surface area contributed by atoms with Crippen LogP contribution in [0.15, 0.2) is 120 Å². The number of aromatic nitrogens is 1. The van der Waals surface area contributed by atoms with Crippen LogP contribution in [0, 0.1) is 0 Å². The molecular weight excluding hydrogens is 447 g/mol. The van der Waals surface area contributed by atoms with E-state index in [4.69, 9.17) is 28.2 Å². The molecule has 33 heavy (non-hydrogen) atoms. The molecule has 2 nitrogen and oxygen atoms in total. The monoisotopic (exact) mass is 466 g/mol. The average molecular weight is 467 g/mol. The standard InChI is InChI=1S/C29H20Cl2N2/c30-24-17-25(31)19-26(18-24)32-20-23-16-28(21-10-4-1-5-11-21)33(27-14-8-3-9-15-27)29(23)22-12-6-2-7-13-22/h1-20H. The van der Waals surface area contributed by atoms with Gasteiger partial charge in [0.15, 0.2) is 0 Å². The maximum atomic E-state index is 6.19. The second-order valence-corrected chi connectivity index (χ2v) is 8.50. The topological polar surface area (TPSA) is 17.3 Å². The highest BCUT2D eigenvalue weighted by molar-refractivity contribution is 6.35. The summed E-state index contributed by atoms with van der Waals surface area (Å²) in [4.78, 5) is 4.72. The Morgan fingerprint density at radius 2 is 1.15 bits per heavy atom. The van der Waals surface area contributed by atoms with Crippen LogP contribution in [-0.4, -0.2) is 10.8 Å². The van der Waals surface area contributed by atoms with Crippen molar-refractivity contribution in [1.82, 2.24) is 4.57 Å². The second-order valence-electron chi connectivity index (χ2n) is 7.62. The van der Waals surface area contributed by atoms with Crippen molar-refractivity contribution in [3.8, 4) is 28.2 Å². The van der Waals surface area contributed by atoms with E-state index in [-0.39, 0.29) is 0 Å². The van der Waals surface area contributed by atoms with Crippen molar-refractivity contribution in [2.75, 3.05) is 0 Å². The normalized spacial score (nSPS) is 11.2. The molecule has 0 radical (unpaired) electrons. The molecule has 0 saturated heterocycles. The molecule has 1 aromatic heterocycles. The fraction of sp³-hybridized carbons (Fsp3) is 0. The Labute approximate surface area is 203 Å². The Balaban J connectivity index is 1.77. The lowest BCUT2D eigenvalue weighted by Gasteiger charge is -2.15. The van der Waals surface area contributed by atoms with Gasteiger partial charge in [-0.25, -0.2) is 0 Å². The molecule has 0 aliphatic rings. The van der Waals surface area contributed by atoms with Crippen LogP contribution in [0.3, 0.4) is 0 Å². The van der Waals surface area contributed by atoms with E-state index in [1.807, 2.05) is 24.4 Å². The van der Waals surface area contributed by atoms with Crippen LogP contribution in [0.2, 0.25) is 10.0 Å². The van der Waals surface area contributed by atoms with E-state index >= 15 is 0 Å². The molecule has 0 aliphatic heterocycles. The molecule has 5 rings (SSSR count). The number of aliphatic imine (C=N–C) groups is 1. The predicted molar refractivity (Wildman–Crippen MR) is 140 cm³/mol. The molecule has 0 bridgehead atoms. The first kappa shape index (κ1) is 21.3. The quantitative estimate of drug-likeness (QED) is 0.230. The van der Waals surface area contributed by atoms with E-state index in [0.717, 1.165) is 33.8 Å². The van der Waals surface area contributed by atoms with Gasteiger partial charge < -0.3 is 4.57 Å². The molecule has 0 unspecified atom stereocenters. The molecule has 0 aliphatic carbocycles. The summed E-state index contributed by atoms with van der Waals surface area (Å²) in [6.45, 7) is 0. The zero-order chi connectivity index (χ0) is 22.6. The predicted octanol–water partition coefficient (Wildman–Crippen LogP) is 8.87. The lowest BCUT2D eigenvalue weighted by atomic mass is 10.1. The molecule has 4 aromatic carbocycles. The smallest absolute Gasteiger partial charge is 0.0659 e. The SMILES string of the molecule is Clc1cc(Cl)cc(N=Cc2cc(-c3ccccc3)n(-c3ccccc3)c2-c2ccccc2)c1. The molecule has 1 heterocycles. The number of hydrogen-bond donors (Lipinski definition) is 0. The largest absolute Gasteiger partial charge is 0.309 e. The van der Waals surface area contributed by atoms with Gasteiger partial charge in [-0.15, -0.1) is 0 Å². The van der Waals surface area contributed by atoms with Crippen LogP contribution in [0.5, 0.6) is 0 Å². The summed E-state index contributed by atoms with van der Waals surface area (Å²) in [5.41, 5.74) is 7.18. The Morgan fingerprint density at radius 1 is 0.606 bits per heavy atom. The number of para-hydroxylation sites is 1. The molecule has 160 valence electrons. The summed E-state index contributed by atoms with van der Waals surface area (Å²) in [5.74, 6) is 0. The minimum Gasteiger partial charge on any atom is -0.309 e. The minimum atomic E-state index is 0.560. The minimum absolute atomic E-state index is 0.560. The highest BCUT2D eigenvalue weighted by Crippen LogP contribution is 2.35. The maximum Gasteiger partial charge on any atom is 0.0659 e. The van der Waals surface area contributed by atoms with Gasteiger partial charge in [0.2, 0.25) is 0 Å². The van der Waals surface area contributed by atoms with Crippen molar-refractivity contribution < 1.29 is 0 Å². The Kier molecular flexibility index (Phi) is 6.12. The van der Waals surface area contributed by atoms with Gasteiger partial charge in [0, 0.05) is 27.5 Å². The third-order valence-corrected chi connectivity index (χ3v) is 5.80. The summed E-state index contributed by atoms with van der Waals surface area (Å²) >= 11 is 12.4. The first-order valence-corrected chi connectivity index (χ1v) is 11.4. The Hall–Kier alpha value is -3.59. The van der Waals surface area contributed by atoms with E-state index in [1.54, 1.807) is 18.2 Å². The first-order chi connectivity index (χ1) is 16.2. The van der Waals surface area contributed by atoms with E-state index in [9.17, 15) is 0 Å². The van der Waals surface area contributed by atoms with Crippen molar-refractivity contribution in [3.63, 3.8) is 0 Å². The van der Waals surface area contributed by atoms with Crippen LogP contribution in [0.25, 0.3) is 28.2 Å². The van der Waals surface area contributed by atoms with Gasteiger partial charge in [0.05, 0.1) is 17.1 Å². The Bertz CT molecular complexity index is 1390. The second kappa shape index (κ2) is 9.50. The van der Waals surface area contributed by atoms with Crippen LogP contribution < -0.4 is 0 Å². The summed E-state index contributed by atoms with van der Waals surface area (Å²) in [5, 5.41) is 1.12. The molecular formula is C29H20Cl2N2. The first-order valence-electron chi connectivity index (χ1n) is 10.6. The van der Waals surface area contributed by atoms with Gasteiger partial charge in [-0.3, -0.25) is 4.99 Å². The number of halogens is 2. The summed E-state index contributed by atoms with van der Waals surface area (Å²) < 4.78 is 2.29. The van der Waals surface area contributed by atoms with Gasteiger partial charge >= 0.3 is 0 Å². The highest BCUT2D eigenvalue weighted by atomic mass is 35.5. The number of hydrogen-bond acceptors (Lipinski definition) is 1. The fourth-order valence-corrected chi connectivity index (χ4v) is 4.46. The van der Waals surface area contributed by atoms with Crippen LogP contribution in [0.1, 0.15) is 5.56 Å². The third kappa shape index (κ3) is 4.63. The van der Waals surface area contributed by atoms with E-state index in [0.29, 0.717) is 15.7 Å². The zero-order valence-electron chi connectivity index (χ0n) is 17.7. The number of nitrogens with zero attached hydrogens (tertiary/aromatic N) is 2. The van der Waals surface area contributed by atoms with E-state index in [1.165, 1.54) is 0 Å². The van der Waals surface area contributed by atoms with Crippen molar-refractivity contribution >= 4 is 35.1 Å². The Morgan fingerprint density at radius 3 is 1.76 bits per heavy atom.